The molecule has 0 radical (unpaired) electrons. The first kappa shape index (κ1) is 14.6. The number of carbonyl (C=O) groups excluding carboxylic acids is 1. The number of phenols is 1. The van der Waals surface area contributed by atoms with Crippen molar-refractivity contribution in [3.63, 3.8) is 0 Å². The smallest absolute Gasteiger partial charge is 0.422 e. The number of hydrogen-bond acceptors (Lipinski definition) is 6. The van der Waals surface area contributed by atoms with Gasteiger partial charge in [-0.2, -0.15) is 8.42 Å². The van der Waals surface area contributed by atoms with Crippen LogP contribution in [0.2, 0.25) is 0 Å². The molecular weight excluding hydrogens is 280 g/mol. The molecular formula is C9H10N2O7S. The summed E-state index contributed by atoms with van der Waals surface area (Å²) in [7, 11) is -3.37. The number of nitrogens with one attached hydrogen (secondary N) is 2. The lowest BCUT2D eigenvalue weighted by Gasteiger charge is -2.10. The summed E-state index contributed by atoms with van der Waals surface area (Å²) in [5.74, 6) is -2.20. The average molecular weight is 290 g/mol. The highest BCUT2D eigenvalue weighted by Gasteiger charge is 2.19. The summed E-state index contributed by atoms with van der Waals surface area (Å²) in [4.78, 5) is 21.5. The minimum atomic E-state index is -4.34. The molecule has 0 aliphatic rings. The van der Waals surface area contributed by atoms with Crippen molar-refractivity contribution in [3.8, 4) is 5.75 Å². The van der Waals surface area contributed by atoms with E-state index in [2.05, 4.69) is 4.74 Å². The topological polar surface area (TPSA) is 142 Å². The van der Waals surface area contributed by atoms with E-state index in [4.69, 9.17) is 5.11 Å². The zero-order chi connectivity index (χ0) is 14.6. The van der Waals surface area contributed by atoms with Crippen molar-refractivity contribution in [1.82, 2.24) is 4.72 Å². The quantitative estimate of drug-likeness (QED) is 0.576. The van der Waals surface area contributed by atoms with Crippen LogP contribution >= 0.6 is 0 Å². The van der Waals surface area contributed by atoms with Crippen LogP contribution in [0.15, 0.2) is 18.2 Å². The summed E-state index contributed by atoms with van der Waals surface area (Å²) in [6.45, 7) is 0. The molecule has 0 aliphatic heterocycles. The fourth-order valence-electron chi connectivity index (χ4n) is 1.12. The van der Waals surface area contributed by atoms with Crippen LogP contribution in [0, 0.1) is 0 Å². The molecule has 9 nitrogen and oxygen atoms in total. The molecule has 1 aromatic rings. The molecule has 0 aliphatic carbocycles. The van der Waals surface area contributed by atoms with Gasteiger partial charge in [-0.25, -0.2) is 14.3 Å². The van der Waals surface area contributed by atoms with Crippen molar-refractivity contribution in [3.05, 3.63) is 23.8 Å². The molecule has 4 N–H and O–H groups in total. The highest BCUT2D eigenvalue weighted by Crippen LogP contribution is 2.27. The van der Waals surface area contributed by atoms with E-state index in [1.807, 2.05) is 0 Å². The summed E-state index contributed by atoms with van der Waals surface area (Å²) in [5.41, 5.74) is -0.880. The van der Waals surface area contributed by atoms with Crippen LogP contribution in [0.3, 0.4) is 0 Å². The molecule has 0 unspecified atom stereocenters. The lowest BCUT2D eigenvalue weighted by molar-refractivity contribution is 0.0693. The number of ether oxygens (including phenoxy) is 1. The fourth-order valence-corrected chi connectivity index (χ4v) is 1.93. The third-order valence-corrected chi connectivity index (χ3v) is 2.84. The summed E-state index contributed by atoms with van der Waals surface area (Å²) in [6.07, 6.45) is -1.23. The van der Waals surface area contributed by atoms with E-state index in [0.717, 1.165) is 19.2 Å². The molecule has 0 spiro atoms. The number of anilines is 1. The number of aromatic carboxylic acids is 1. The number of methoxy groups -OCH3 is 1. The van der Waals surface area contributed by atoms with Crippen molar-refractivity contribution in [2.75, 3.05) is 11.8 Å². The third-order valence-electron chi connectivity index (χ3n) is 1.91. The van der Waals surface area contributed by atoms with Crippen LogP contribution in [0.4, 0.5) is 10.5 Å². The molecule has 1 rings (SSSR count). The van der Waals surface area contributed by atoms with Gasteiger partial charge in [-0.15, -0.1) is 0 Å². The number of carbonyl (C=O) groups is 2. The zero-order valence-electron chi connectivity index (χ0n) is 9.58. The van der Waals surface area contributed by atoms with E-state index in [9.17, 15) is 23.1 Å². The van der Waals surface area contributed by atoms with Crippen LogP contribution in [0.5, 0.6) is 5.75 Å². The SMILES string of the molecule is COC(=O)NS(=O)(=O)Nc1cccc(C(=O)O)c1O. The van der Waals surface area contributed by atoms with Gasteiger partial charge in [0.15, 0.2) is 5.75 Å². The Bertz CT molecular complexity index is 611. The monoisotopic (exact) mass is 290 g/mol. The Hall–Kier alpha value is -2.49. The first-order chi connectivity index (χ1) is 8.76. The van der Waals surface area contributed by atoms with Gasteiger partial charge in [0.25, 0.3) is 0 Å². The van der Waals surface area contributed by atoms with Gasteiger partial charge in [-0.05, 0) is 12.1 Å². The molecule has 0 aromatic heterocycles. The van der Waals surface area contributed by atoms with Crippen molar-refractivity contribution >= 4 is 28.0 Å². The van der Waals surface area contributed by atoms with Gasteiger partial charge in [-0.3, -0.25) is 4.72 Å². The Kier molecular flexibility index (Phi) is 4.17. The van der Waals surface area contributed by atoms with Crippen molar-refractivity contribution < 1.29 is 33.0 Å². The number of carboxylic acid groups (broad SMARTS) is 1. The summed E-state index contributed by atoms with van der Waals surface area (Å²) in [5, 5.41) is 18.3. The molecule has 0 saturated carbocycles. The molecule has 19 heavy (non-hydrogen) atoms. The number of carboxylic acids is 1. The number of para-hydroxylation sites is 1. The Morgan fingerprint density at radius 1 is 1.32 bits per heavy atom. The predicted molar refractivity (Wildman–Crippen MR) is 63.1 cm³/mol. The number of benzene rings is 1. The lowest BCUT2D eigenvalue weighted by Crippen LogP contribution is -2.35. The van der Waals surface area contributed by atoms with E-state index >= 15 is 0 Å². The predicted octanol–water partition coefficient (Wildman–Crippen LogP) is 0.103. The second kappa shape index (κ2) is 5.44. The summed E-state index contributed by atoms with van der Waals surface area (Å²) >= 11 is 0. The number of rotatable bonds is 4. The van der Waals surface area contributed by atoms with Gasteiger partial charge >= 0.3 is 22.3 Å². The zero-order valence-corrected chi connectivity index (χ0v) is 10.4. The highest BCUT2D eigenvalue weighted by atomic mass is 32.2. The largest absolute Gasteiger partial charge is 0.505 e. The van der Waals surface area contributed by atoms with Gasteiger partial charge in [0.1, 0.15) is 5.56 Å². The minimum Gasteiger partial charge on any atom is -0.505 e. The van der Waals surface area contributed by atoms with E-state index in [-0.39, 0.29) is 0 Å². The van der Waals surface area contributed by atoms with E-state index in [1.54, 1.807) is 4.72 Å². The number of aromatic hydroxyl groups is 1. The number of amides is 1. The molecule has 10 heteroatoms. The molecule has 1 aromatic carbocycles. The molecule has 1 amide bonds. The third kappa shape index (κ3) is 3.74. The molecule has 0 saturated heterocycles. The van der Waals surface area contributed by atoms with Gasteiger partial charge in [-0.1, -0.05) is 6.07 Å². The van der Waals surface area contributed by atoms with Gasteiger partial charge in [0.2, 0.25) is 0 Å². The van der Waals surface area contributed by atoms with E-state index in [0.29, 0.717) is 0 Å². The Morgan fingerprint density at radius 3 is 2.47 bits per heavy atom. The molecule has 0 bridgehead atoms. The average Bonchev–Trinajstić information content (AvgIpc) is 2.30. The maximum Gasteiger partial charge on any atom is 0.422 e. The first-order valence-corrected chi connectivity index (χ1v) is 6.19. The Labute approximate surface area is 108 Å². The van der Waals surface area contributed by atoms with E-state index in [1.165, 1.54) is 10.8 Å². The van der Waals surface area contributed by atoms with Crippen molar-refractivity contribution in [1.29, 1.82) is 0 Å². The standard InChI is InChI=1S/C9H10N2O7S/c1-18-9(15)11-19(16,17)10-6-4-2-3-5(7(6)12)8(13)14/h2-4,10,12H,1H3,(H,11,15)(H,13,14). The molecule has 104 valence electrons. The molecule has 0 atom stereocenters. The van der Waals surface area contributed by atoms with Crippen LogP contribution in [0.1, 0.15) is 10.4 Å². The lowest BCUT2D eigenvalue weighted by atomic mass is 10.2. The van der Waals surface area contributed by atoms with Crippen LogP contribution in [-0.2, 0) is 14.9 Å². The summed E-state index contributed by atoms with van der Waals surface area (Å²) < 4.78 is 30.2. The van der Waals surface area contributed by atoms with Crippen LogP contribution < -0.4 is 9.44 Å². The first-order valence-electron chi connectivity index (χ1n) is 4.70. The summed E-state index contributed by atoms with van der Waals surface area (Å²) in [6, 6.07) is 3.43. The van der Waals surface area contributed by atoms with E-state index < -0.39 is 39.3 Å². The Morgan fingerprint density at radius 2 is 1.95 bits per heavy atom. The fraction of sp³-hybridized carbons (Fsp3) is 0.111. The Balaban J connectivity index is 3.04. The van der Waals surface area contributed by atoms with Crippen molar-refractivity contribution in [2.24, 2.45) is 0 Å². The van der Waals surface area contributed by atoms with Gasteiger partial charge in [0.05, 0.1) is 12.8 Å². The normalized spacial score (nSPS) is 10.6. The molecule has 0 fully saturated rings. The highest BCUT2D eigenvalue weighted by molar-refractivity contribution is 7.91. The van der Waals surface area contributed by atoms with Crippen LogP contribution in [-0.4, -0.2) is 37.8 Å². The maximum atomic E-state index is 11.4. The second-order valence-electron chi connectivity index (χ2n) is 3.21. The van der Waals surface area contributed by atoms with Crippen molar-refractivity contribution in [2.45, 2.75) is 0 Å². The maximum absolute atomic E-state index is 11.4. The minimum absolute atomic E-state index is 0.392. The van der Waals surface area contributed by atoms with Crippen LogP contribution in [0.25, 0.3) is 0 Å². The molecule has 0 heterocycles. The number of hydrogen-bond donors (Lipinski definition) is 4. The second-order valence-corrected chi connectivity index (χ2v) is 4.62. The van der Waals surface area contributed by atoms with Gasteiger partial charge in [0, 0.05) is 0 Å². The van der Waals surface area contributed by atoms with Gasteiger partial charge < -0.3 is 14.9 Å².